The van der Waals surface area contributed by atoms with Crippen molar-refractivity contribution < 1.29 is 4.74 Å². The zero-order chi connectivity index (χ0) is 12.3. The van der Waals surface area contributed by atoms with Gasteiger partial charge in [0.25, 0.3) is 0 Å². The van der Waals surface area contributed by atoms with Gasteiger partial charge in [-0.1, -0.05) is 0 Å². The fraction of sp³-hybridized carbons (Fsp3) is 0.667. The predicted molar refractivity (Wildman–Crippen MR) is 75.3 cm³/mol. The first-order valence-corrected chi connectivity index (χ1v) is 7.60. The SMILES string of the molecule is COC1CCN(Cc2cc(Br)cs2)C(CN)C1. The highest BCUT2D eigenvalue weighted by Gasteiger charge is 2.27. The van der Waals surface area contributed by atoms with E-state index in [-0.39, 0.29) is 0 Å². The Kier molecular flexibility index (Phi) is 4.99. The third kappa shape index (κ3) is 3.51. The van der Waals surface area contributed by atoms with Crippen LogP contribution in [0.4, 0.5) is 0 Å². The van der Waals surface area contributed by atoms with Gasteiger partial charge in [0, 0.05) is 47.5 Å². The second kappa shape index (κ2) is 6.29. The lowest BCUT2D eigenvalue weighted by atomic mass is 9.99. The Balaban J connectivity index is 1.95. The van der Waals surface area contributed by atoms with E-state index in [1.54, 1.807) is 18.4 Å². The Hall–Kier alpha value is 0.0600. The van der Waals surface area contributed by atoms with Crippen molar-refractivity contribution >= 4 is 27.3 Å². The van der Waals surface area contributed by atoms with Gasteiger partial charge in [0.15, 0.2) is 0 Å². The summed E-state index contributed by atoms with van der Waals surface area (Å²) in [7, 11) is 1.80. The number of ether oxygens (including phenoxy) is 1. The summed E-state index contributed by atoms with van der Waals surface area (Å²) < 4.78 is 6.61. The minimum absolute atomic E-state index is 0.384. The van der Waals surface area contributed by atoms with E-state index in [0.29, 0.717) is 18.7 Å². The Morgan fingerprint density at radius 1 is 1.65 bits per heavy atom. The predicted octanol–water partition coefficient (Wildman–Crippen LogP) is 2.45. The van der Waals surface area contributed by atoms with Gasteiger partial charge in [-0.05, 0) is 34.8 Å². The number of methoxy groups -OCH3 is 1. The Bertz CT molecular complexity index is 358. The summed E-state index contributed by atoms with van der Waals surface area (Å²) in [5.41, 5.74) is 5.87. The van der Waals surface area contributed by atoms with Crippen LogP contribution in [-0.4, -0.2) is 37.2 Å². The fourth-order valence-electron chi connectivity index (χ4n) is 2.37. The molecule has 5 heteroatoms. The summed E-state index contributed by atoms with van der Waals surface area (Å²) in [6, 6.07) is 2.65. The summed E-state index contributed by atoms with van der Waals surface area (Å²) in [6.45, 7) is 2.80. The van der Waals surface area contributed by atoms with E-state index in [1.807, 2.05) is 0 Å². The first-order valence-electron chi connectivity index (χ1n) is 5.92. The topological polar surface area (TPSA) is 38.5 Å². The van der Waals surface area contributed by atoms with Crippen molar-refractivity contribution in [2.24, 2.45) is 5.73 Å². The third-order valence-electron chi connectivity index (χ3n) is 3.38. The summed E-state index contributed by atoms with van der Waals surface area (Å²) in [4.78, 5) is 3.87. The zero-order valence-electron chi connectivity index (χ0n) is 10.1. The second-order valence-electron chi connectivity index (χ2n) is 4.47. The van der Waals surface area contributed by atoms with Crippen LogP contribution < -0.4 is 5.73 Å². The molecule has 2 N–H and O–H groups in total. The average molecular weight is 319 g/mol. The van der Waals surface area contributed by atoms with E-state index in [2.05, 4.69) is 32.3 Å². The molecule has 1 aliphatic heterocycles. The van der Waals surface area contributed by atoms with Crippen LogP contribution in [0.5, 0.6) is 0 Å². The molecule has 1 fully saturated rings. The van der Waals surface area contributed by atoms with Gasteiger partial charge in [0.1, 0.15) is 0 Å². The normalized spacial score (nSPS) is 26.3. The van der Waals surface area contributed by atoms with Crippen LogP contribution in [0.1, 0.15) is 17.7 Å². The Morgan fingerprint density at radius 3 is 3.06 bits per heavy atom. The number of hydrogen-bond donors (Lipinski definition) is 1. The molecule has 0 amide bonds. The van der Waals surface area contributed by atoms with Gasteiger partial charge in [-0.2, -0.15) is 0 Å². The van der Waals surface area contributed by atoms with Gasteiger partial charge < -0.3 is 10.5 Å². The van der Waals surface area contributed by atoms with Crippen LogP contribution in [0.15, 0.2) is 15.9 Å². The smallest absolute Gasteiger partial charge is 0.0599 e. The molecule has 0 aliphatic carbocycles. The third-order valence-corrected chi connectivity index (χ3v) is 5.06. The highest BCUT2D eigenvalue weighted by atomic mass is 79.9. The highest BCUT2D eigenvalue weighted by molar-refractivity contribution is 9.10. The summed E-state index contributed by atoms with van der Waals surface area (Å²) in [6.07, 6.45) is 2.55. The van der Waals surface area contributed by atoms with Crippen molar-refractivity contribution in [2.45, 2.75) is 31.5 Å². The number of nitrogens with two attached hydrogens (primary N) is 1. The van der Waals surface area contributed by atoms with Gasteiger partial charge in [-0.3, -0.25) is 4.90 Å². The molecule has 2 rings (SSSR count). The Morgan fingerprint density at radius 2 is 2.47 bits per heavy atom. The van der Waals surface area contributed by atoms with Crippen molar-refractivity contribution in [1.29, 1.82) is 0 Å². The van der Waals surface area contributed by atoms with E-state index in [0.717, 1.165) is 25.9 Å². The van der Waals surface area contributed by atoms with Crippen LogP contribution in [0.25, 0.3) is 0 Å². The van der Waals surface area contributed by atoms with Gasteiger partial charge in [0.05, 0.1) is 6.10 Å². The van der Waals surface area contributed by atoms with Gasteiger partial charge in [-0.15, -0.1) is 11.3 Å². The molecule has 0 bridgehead atoms. The van der Waals surface area contributed by atoms with Gasteiger partial charge >= 0.3 is 0 Å². The van der Waals surface area contributed by atoms with E-state index in [9.17, 15) is 0 Å². The molecule has 2 heterocycles. The zero-order valence-corrected chi connectivity index (χ0v) is 12.5. The number of piperidine rings is 1. The molecular weight excluding hydrogens is 300 g/mol. The maximum absolute atomic E-state index is 5.87. The number of likely N-dealkylation sites (tertiary alicyclic amines) is 1. The highest BCUT2D eigenvalue weighted by Crippen LogP contribution is 2.25. The van der Waals surface area contributed by atoms with E-state index in [1.165, 1.54) is 9.35 Å². The van der Waals surface area contributed by atoms with E-state index >= 15 is 0 Å². The fourth-order valence-corrected chi connectivity index (χ4v) is 3.84. The molecule has 0 saturated carbocycles. The molecule has 1 aromatic heterocycles. The van der Waals surface area contributed by atoms with Crippen molar-refractivity contribution in [2.75, 3.05) is 20.2 Å². The first-order chi connectivity index (χ1) is 8.22. The van der Waals surface area contributed by atoms with Crippen LogP contribution in [-0.2, 0) is 11.3 Å². The molecule has 0 aromatic carbocycles. The van der Waals surface area contributed by atoms with Crippen LogP contribution in [0.3, 0.4) is 0 Å². The van der Waals surface area contributed by atoms with Crippen LogP contribution >= 0.6 is 27.3 Å². The summed E-state index contributed by atoms with van der Waals surface area (Å²) in [5, 5.41) is 2.13. The molecule has 1 saturated heterocycles. The molecular formula is C12H19BrN2OS. The van der Waals surface area contributed by atoms with E-state index < -0.39 is 0 Å². The maximum atomic E-state index is 5.87. The number of hydrogen-bond acceptors (Lipinski definition) is 4. The molecule has 2 unspecified atom stereocenters. The number of thiophene rings is 1. The lowest BCUT2D eigenvalue weighted by Crippen LogP contribution is -2.47. The standard InChI is InChI=1S/C12H19BrN2OS/c1-16-11-2-3-15(10(5-11)6-14)7-12-4-9(13)8-17-12/h4,8,10-11H,2-3,5-7,14H2,1H3. The largest absolute Gasteiger partial charge is 0.381 e. The number of halogens is 1. The Labute approximate surface area is 115 Å². The maximum Gasteiger partial charge on any atom is 0.0599 e. The molecule has 3 nitrogen and oxygen atoms in total. The molecule has 0 spiro atoms. The summed E-state index contributed by atoms with van der Waals surface area (Å²) in [5.74, 6) is 0. The van der Waals surface area contributed by atoms with Gasteiger partial charge in [0.2, 0.25) is 0 Å². The van der Waals surface area contributed by atoms with Crippen molar-refractivity contribution in [3.63, 3.8) is 0 Å². The lowest BCUT2D eigenvalue weighted by molar-refractivity contribution is 0.0106. The average Bonchev–Trinajstić information content (AvgIpc) is 2.75. The van der Waals surface area contributed by atoms with Gasteiger partial charge in [-0.25, -0.2) is 0 Å². The first kappa shape index (κ1) is 13.5. The van der Waals surface area contributed by atoms with Crippen molar-refractivity contribution in [1.82, 2.24) is 4.90 Å². The number of rotatable bonds is 4. The van der Waals surface area contributed by atoms with Crippen molar-refractivity contribution in [3.8, 4) is 0 Å². The van der Waals surface area contributed by atoms with E-state index in [4.69, 9.17) is 10.5 Å². The lowest BCUT2D eigenvalue weighted by Gasteiger charge is -2.38. The minimum atomic E-state index is 0.384. The quantitative estimate of drug-likeness (QED) is 0.926. The molecule has 0 radical (unpaired) electrons. The molecule has 96 valence electrons. The monoisotopic (exact) mass is 318 g/mol. The molecule has 1 aliphatic rings. The second-order valence-corrected chi connectivity index (χ2v) is 6.38. The van der Waals surface area contributed by atoms with Crippen LogP contribution in [0, 0.1) is 0 Å². The molecule has 2 atom stereocenters. The van der Waals surface area contributed by atoms with Crippen molar-refractivity contribution in [3.05, 3.63) is 20.8 Å². The minimum Gasteiger partial charge on any atom is -0.381 e. The molecule has 17 heavy (non-hydrogen) atoms. The molecule has 1 aromatic rings. The number of nitrogens with zero attached hydrogens (tertiary/aromatic N) is 1. The summed E-state index contributed by atoms with van der Waals surface area (Å²) >= 11 is 5.30. The van der Waals surface area contributed by atoms with Crippen LogP contribution in [0.2, 0.25) is 0 Å².